The zero-order chi connectivity index (χ0) is 16.8. The number of benzene rings is 1. The van der Waals surface area contributed by atoms with Crippen LogP contribution in [0.25, 0.3) is 0 Å². The van der Waals surface area contributed by atoms with E-state index < -0.39 is 36.1 Å². The third-order valence-corrected chi connectivity index (χ3v) is 5.78. The van der Waals surface area contributed by atoms with Crippen molar-refractivity contribution in [1.29, 1.82) is 0 Å². The standard InChI is InChI=1S/C12H14N4O6S/c17-15(18)8-2-4-12(11(6-8)16(19)20)23(21,22)14-10-5-7-1-3-9(10)13-7/h2,4,6-7,9-10,13-14H,1,3,5H2/t7-,9+,10+/m0/s1. The fraction of sp³-hybridized carbons (Fsp3) is 0.500. The van der Waals surface area contributed by atoms with Crippen molar-refractivity contribution in [3.05, 3.63) is 38.4 Å². The molecule has 1 aromatic carbocycles. The van der Waals surface area contributed by atoms with E-state index in [4.69, 9.17) is 0 Å². The van der Waals surface area contributed by atoms with Crippen LogP contribution in [0.5, 0.6) is 0 Å². The molecule has 0 aliphatic carbocycles. The summed E-state index contributed by atoms with van der Waals surface area (Å²) in [5.41, 5.74) is -1.33. The molecule has 23 heavy (non-hydrogen) atoms. The Morgan fingerprint density at radius 2 is 1.91 bits per heavy atom. The van der Waals surface area contributed by atoms with E-state index in [9.17, 15) is 28.6 Å². The van der Waals surface area contributed by atoms with Crippen LogP contribution in [0.2, 0.25) is 0 Å². The summed E-state index contributed by atoms with van der Waals surface area (Å²) in [5, 5.41) is 25.1. The lowest BCUT2D eigenvalue weighted by Crippen LogP contribution is -2.42. The van der Waals surface area contributed by atoms with Crippen molar-refractivity contribution in [3.8, 4) is 0 Å². The van der Waals surface area contributed by atoms with Gasteiger partial charge in [-0.25, -0.2) is 13.1 Å². The highest BCUT2D eigenvalue weighted by Gasteiger charge is 2.42. The van der Waals surface area contributed by atoms with Crippen molar-refractivity contribution < 1.29 is 18.3 Å². The maximum absolute atomic E-state index is 12.5. The normalized spacial score (nSPS) is 26.3. The zero-order valence-electron chi connectivity index (χ0n) is 11.8. The highest BCUT2D eigenvalue weighted by Crippen LogP contribution is 2.32. The first kappa shape index (κ1) is 15.8. The number of fused-ring (bicyclic) bond motifs is 2. The second kappa shape index (κ2) is 5.51. The fourth-order valence-electron chi connectivity index (χ4n) is 3.21. The number of sulfonamides is 1. The minimum atomic E-state index is -4.14. The molecule has 0 saturated carbocycles. The maximum atomic E-state index is 12.5. The second-order valence-electron chi connectivity index (χ2n) is 5.68. The number of rotatable bonds is 5. The summed E-state index contributed by atoms with van der Waals surface area (Å²) in [6.07, 6.45) is 2.46. The van der Waals surface area contributed by atoms with Gasteiger partial charge >= 0.3 is 0 Å². The molecule has 2 N–H and O–H groups in total. The number of nitrogens with one attached hydrogen (secondary N) is 2. The number of non-ortho nitro benzene ring substituents is 1. The van der Waals surface area contributed by atoms with E-state index in [1.54, 1.807) is 0 Å². The lowest BCUT2D eigenvalue weighted by atomic mass is 9.96. The molecule has 2 bridgehead atoms. The number of hydrogen-bond acceptors (Lipinski definition) is 7. The average molecular weight is 342 g/mol. The molecule has 1 aromatic rings. The summed E-state index contributed by atoms with van der Waals surface area (Å²) in [5.74, 6) is 0. The third-order valence-electron chi connectivity index (χ3n) is 4.25. The molecule has 2 fully saturated rings. The van der Waals surface area contributed by atoms with Crippen molar-refractivity contribution in [2.75, 3.05) is 0 Å². The monoisotopic (exact) mass is 342 g/mol. The van der Waals surface area contributed by atoms with Gasteiger partial charge in [-0.15, -0.1) is 0 Å². The first-order valence-electron chi connectivity index (χ1n) is 6.99. The van der Waals surface area contributed by atoms with Crippen molar-refractivity contribution >= 4 is 21.4 Å². The largest absolute Gasteiger partial charge is 0.310 e. The van der Waals surface area contributed by atoms with Gasteiger partial charge < -0.3 is 5.32 Å². The minimum Gasteiger partial charge on any atom is -0.310 e. The average Bonchev–Trinajstić information content (AvgIpc) is 3.08. The molecule has 11 heteroatoms. The van der Waals surface area contributed by atoms with Gasteiger partial charge in [0.2, 0.25) is 10.0 Å². The smallest absolute Gasteiger partial charge is 0.296 e. The lowest BCUT2D eigenvalue weighted by molar-refractivity contribution is -0.396. The summed E-state index contributed by atoms with van der Waals surface area (Å²) >= 11 is 0. The first-order chi connectivity index (χ1) is 10.8. The van der Waals surface area contributed by atoms with Crippen LogP contribution in [0.1, 0.15) is 19.3 Å². The molecule has 0 radical (unpaired) electrons. The van der Waals surface area contributed by atoms with Gasteiger partial charge in [0, 0.05) is 24.2 Å². The van der Waals surface area contributed by atoms with E-state index in [0.717, 1.165) is 25.0 Å². The molecule has 3 rings (SSSR count). The highest BCUT2D eigenvalue weighted by atomic mass is 32.2. The Balaban J connectivity index is 1.93. The Bertz CT molecular complexity index is 780. The third kappa shape index (κ3) is 2.90. The van der Waals surface area contributed by atoms with Crippen molar-refractivity contribution in [2.24, 2.45) is 0 Å². The molecule has 3 atom stereocenters. The van der Waals surface area contributed by atoms with Gasteiger partial charge in [-0.3, -0.25) is 20.2 Å². The van der Waals surface area contributed by atoms with Gasteiger partial charge in [0.25, 0.3) is 11.4 Å². The Morgan fingerprint density at radius 1 is 1.17 bits per heavy atom. The summed E-state index contributed by atoms with van der Waals surface area (Å²) in [6.45, 7) is 0. The van der Waals surface area contributed by atoms with Crippen LogP contribution in [0.4, 0.5) is 11.4 Å². The van der Waals surface area contributed by atoms with Gasteiger partial charge in [-0.1, -0.05) is 0 Å². The molecule has 2 aliphatic heterocycles. The van der Waals surface area contributed by atoms with E-state index >= 15 is 0 Å². The number of nitro groups is 2. The fourth-order valence-corrected chi connectivity index (χ4v) is 4.65. The van der Waals surface area contributed by atoms with E-state index in [2.05, 4.69) is 10.0 Å². The number of nitrogens with zero attached hydrogens (tertiary/aromatic N) is 2. The molecule has 10 nitrogen and oxygen atoms in total. The SMILES string of the molecule is O=[N+]([O-])c1ccc(S(=O)(=O)N[C@@H]2C[C@@H]3CC[C@H]2N3)c([N+](=O)[O-])c1. The summed E-state index contributed by atoms with van der Waals surface area (Å²) in [7, 11) is -4.14. The van der Waals surface area contributed by atoms with E-state index in [-0.39, 0.29) is 18.1 Å². The van der Waals surface area contributed by atoms with Gasteiger partial charge in [0.1, 0.15) is 0 Å². The highest BCUT2D eigenvalue weighted by molar-refractivity contribution is 7.89. The van der Waals surface area contributed by atoms with Crippen LogP contribution in [0.15, 0.2) is 23.1 Å². The Labute approximate surface area is 131 Å². The molecular formula is C12H14N4O6S. The summed E-state index contributed by atoms with van der Waals surface area (Å²) < 4.78 is 27.4. The molecule has 0 spiro atoms. The van der Waals surface area contributed by atoms with Crippen molar-refractivity contribution in [1.82, 2.24) is 10.0 Å². The van der Waals surface area contributed by atoms with Crippen LogP contribution < -0.4 is 10.0 Å². The lowest BCUT2D eigenvalue weighted by Gasteiger charge is -2.21. The van der Waals surface area contributed by atoms with E-state index in [1.807, 2.05) is 0 Å². The first-order valence-corrected chi connectivity index (χ1v) is 8.47. The molecule has 2 saturated heterocycles. The molecule has 0 aromatic heterocycles. The zero-order valence-corrected chi connectivity index (χ0v) is 12.7. The van der Waals surface area contributed by atoms with E-state index in [0.29, 0.717) is 12.5 Å². The van der Waals surface area contributed by atoms with Gasteiger partial charge in [0.05, 0.1) is 15.9 Å². The van der Waals surface area contributed by atoms with Crippen LogP contribution >= 0.6 is 0 Å². The van der Waals surface area contributed by atoms with Gasteiger partial charge in [0.15, 0.2) is 4.90 Å². The second-order valence-corrected chi connectivity index (χ2v) is 7.36. The Kier molecular flexibility index (Phi) is 3.78. The molecular weight excluding hydrogens is 328 g/mol. The quantitative estimate of drug-likeness (QED) is 0.591. The van der Waals surface area contributed by atoms with Gasteiger partial charge in [-0.05, 0) is 25.3 Å². The van der Waals surface area contributed by atoms with Crippen LogP contribution in [-0.4, -0.2) is 36.4 Å². The molecule has 0 unspecified atom stereocenters. The van der Waals surface area contributed by atoms with Crippen LogP contribution in [-0.2, 0) is 10.0 Å². The van der Waals surface area contributed by atoms with Crippen LogP contribution in [0, 0.1) is 20.2 Å². The van der Waals surface area contributed by atoms with Crippen LogP contribution in [0.3, 0.4) is 0 Å². The maximum Gasteiger partial charge on any atom is 0.296 e. The topological polar surface area (TPSA) is 144 Å². The molecule has 0 amide bonds. The van der Waals surface area contributed by atoms with Crippen molar-refractivity contribution in [2.45, 2.75) is 42.3 Å². The van der Waals surface area contributed by atoms with Crippen molar-refractivity contribution in [3.63, 3.8) is 0 Å². The predicted octanol–water partition coefficient (Wildman–Crippen LogP) is 0.674. The number of hydrogen-bond donors (Lipinski definition) is 2. The summed E-state index contributed by atoms with van der Waals surface area (Å²) in [6, 6.07) is 2.47. The van der Waals surface area contributed by atoms with E-state index in [1.165, 1.54) is 0 Å². The number of nitro benzene ring substituents is 2. The van der Waals surface area contributed by atoms with Gasteiger partial charge in [-0.2, -0.15) is 0 Å². The minimum absolute atomic E-state index is 0.0203. The molecule has 2 aliphatic rings. The molecule has 2 heterocycles. The Hall–Kier alpha value is -2.11. The predicted molar refractivity (Wildman–Crippen MR) is 78.4 cm³/mol. The summed E-state index contributed by atoms with van der Waals surface area (Å²) in [4.78, 5) is 19.5. The molecule has 124 valence electrons. The Morgan fingerprint density at radius 3 is 2.43 bits per heavy atom.